The SMILES string of the molecule is CC(C)CNC(=O)C(C)OC1(C)CNC1. The average Bonchev–Trinajstić information content (AvgIpc) is 2.11. The van der Waals surface area contributed by atoms with Crippen LogP contribution in [0.3, 0.4) is 0 Å². The van der Waals surface area contributed by atoms with Crippen molar-refractivity contribution < 1.29 is 9.53 Å². The van der Waals surface area contributed by atoms with Crippen molar-refractivity contribution >= 4 is 5.91 Å². The molecule has 1 unspecified atom stereocenters. The molecule has 1 heterocycles. The first-order chi connectivity index (χ1) is 6.93. The Morgan fingerprint density at radius 3 is 2.47 bits per heavy atom. The number of hydrogen-bond donors (Lipinski definition) is 2. The van der Waals surface area contributed by atoms with Crippen molar-refractivity contribution in [3.05, 3.63) is 0 Å². The first-order valence-corrected chi connectivity index (χ1v) is 5.59. The Hall–Kier alpha value is -0.610. The molecule has 4 nitrogen and oxygen atoms in total. The minimum atomic E-state index is -0.365. The summed E-state index contributed by atoms with van der Waals surface area (Å²) in [5, 5.41) is 6.01. The maximum Gasteiger partial charge on any atom is 0.248 e. The summed E-state index contributed by atoms with van der Waals surface area (Å²) in [7, 11) is 0. The third-order valence-electron chi connectivity index (χ3n) is 2.51. The molecule has 0 saturated carbocycles. The molecule has 1 rings (SSSR count). The molecule has 0 aromatic heterocycles. The second-order valence-corrected chi connectivity index (χ2v) is 4.95. The van der Waals surface area contributed by atoms with E-state index >= 15 is 0 Å². The molecule has 0 aromatic carbocycles. The lowest BCUT2D eigenvalue weighted by Gasteiger charge is -2.40. The first kappa shape index (κ1) is 12.5. The Morgan fingerprint density at radius 1 is 1.47 bits per heavy atom. The van der Waals surface area contributed by atoms with Gasteiger partial charge in [0, 0.05) is 19.6 Å². The highest BCUT2D eigenvalue weighted by atomic mass is 16.5. The standard InChI is InChI=1S/C11H22N2O2/c1-8(2)5-13-10(14)9(3)15-11(4)6-12-7-11/h8-9,12H,5-7H2,1-4H3,(H,13,14). The van der Waals surface area contributed by atoms with Crippen molar-refractivity contribution in [2.45, 2.75) is 39.4 Å². The highest BCUT2D eigenvalue weighted by molar-refractivity contribution is 5.80. The molecule has 88 valence electrons. The van der Waals surface area contributed by atoms with Gasteiger partial charge in [-0.25, -0.2) is 0 Å². The largest absolute Gasteiger partial charge is 0.360 e. The molecule has 1 saturated heterocycles. The van der Waals surface area contributed by atoms with E-state index < -0.39 is 0 Å². The van der Waals surface area contributed by atoms with Gasteiger partial charge in [-0.1, -0.05) is 13.8 Å². The van der Waals surface area contributed by atoms with Crippen molar-refractivity contribution in [2.75, 3.05) is 19.6 Å². The van der Waals surface area contributed by atoms with E-state index in [4.69, 9.17) is 4.74 Å². The van der Waals surface area contributed by atoms with Gasteiger partial charge in [0.2, 0.25) is 5.91 Å². The van der Waals surface area contributed by atoms with Gasteiger partial charge >= 0.3 is 0 Å². The highest BCUT2D eigenvalue weighted by Crippen LogP contribution is 2.17. The molecule has 1 fully saturated rings. The molecule has 0 radical (unpaired) electrons. The summed E-state index contributed by atoms with van der Waals surface area (Å²) >= 11 is 0. The van der Waals surface area contributed by atoms with E-state index in [1.165, 1.54) is 0 Å². The van der Waals surface area contributed by atoms with Crippen LogP contribution in [-0.2, 0) is 9.53 Å². The topological polar surface area (TPSA) is 50.4 Å². The highest BCUT2D eigenvalue weighted by Gasteiger charge is 2.35. The Balaban J connectivity index is 2.26. The van der Waals surface area contributed by atoms with E-state index in [-0.39, 0.29) is 17.6 Å². The number of carbonyl (C=O) groups is 1. The number of ether oxygens (including phenoxy) is 1. The van der Waals surface area contributed by atoms with Crippen LogP contribution in [0.1, 0.15) is 27.7 Å². The average molecular weight is 214 g/mol. The fraction of sp³-hybridized carbons (Fsp3) is 0.909. The van der Waals surface area contributed by atoms with Crippen LogP contribution >= 0.6 is 0 Å². The monoisotopic (exact) mass is 214 g/mol. The molecule has 0 spiro atoms. The predicted molar refractivity (Wildman–Crippen MR) is 59.7 cm³/mol. The summed E-state index contributed by atoms with van der Waals surface area (Å²) in [5.74, 6) is 0.457. The van der Waals surface area contributed by atoms with E-state index in [0.717, 1.165) is 13.1 Å². The predicted octanol–water partition coefficient (Wildman–Crippen LogP) is 0.526. The number of rotatable bonds is 5. The molecular formula is C11H22N2O2. The van der Waals surface area contributed by atoms with Crippen molar-refractivity contribution in [1.29, 1.82) is 0 Å². The molecule has 1 atom stereocenters. The van der Waals surface area contributed by atoms with Crippen LogP contribution < -0.4 is 10.6 Å². The molecule has 1 amide bonds. The van der Waals surface area contributed by atoms with Crippen LogP contribution in [0.5, 0.6) is 0 Å². The molecule has 0 aromatic rings. The van der Waals surface area contributed by atoms with E-state index in [1.54, 1.807) is 6.92 Å². The van der Waals surface area contributed by atoms with E-state index in [0.29, 0.717) is 12.5 Å². The van der Waals surface area contributed by atoms with Gasteiger partial charge in [0.05, 0.1) is 5.60 Å². The zero-order chi connectivity index (χ0) is 11.5. The summed E-state index contributed by atoms with van der Waals surface area (Å²) in [6, 6.07) is 0. The maximum absolute atomic E-state index is 11.6. The van der Waals surface area contributed by atoms with Crippen LogP contribution in [0.25, 0.3) is 0 Å². The molecule has 1 aliphatic heterocycles. The van der Waals surface area contributed by atoms with Crippen LogP contribution in [0, 0.1) is 5.92 Å². The maximum atomic E-state index is 11.6. The Bertz CT molecular complexity index is 225. The molecule has 15 heavy (non-hydrogen) atoms. The Kier molecular flexibility index (Phi) is 4.11. The van der Waals surface area contributed by atoms with E-state index in [1.807, 2.05) is 6.92 Å². The molecule has 0 bridgehead atoms. The number of carbonyl (C=O) groups excluding carboxylic acids is 1. The van der Waals surface area contributed by atoms with Crippen LogP contribution in [0.15, 0.2) is 0 Å². The third-order valence-corrected chi connectivity index (χ3v) is 2.51. The van der Waals surface area contributed by atoms with Crippen LogP contribution in [0.4, 0.5) is 0 Å². The quantitative estimate of drug-likeness (QED) is 0.701. The molecular weight excluding hydrogens is 192 g/mol. The summed E-state index contributed by atoms with van der Waals surface area (Å²) in [6.07, 6.45) is -0.365. The number of hydrogen-bond acceptors (Lipinski definition) is 3. The smallest absolute Gasteiger partial charge is 0.248 e. The van der Waals surface area contributed by atoms with Crippen molar-refractivity contribution in [1.82, 2.24) is 10.6 Å². The third kappa shape index (κ3) is 3.80. The molecule has 4 heteroatoms. The lowest BCUT2D eigenvalue weighted by Crippen LogP contribution is -2.61. The zero-order valence-corrected chi connectivity index (χ0v) is 10.1. The van der Waals surface area contributed by atoms with Gasteiger partial charge < -0.3 is 15.4 Å². The van der Waals surface area contributed by atoms with Gasteiger partial charge in [-0.05, 0) is 19.8 Å². The summed E-state index contributed by atoms with van der Waals surface area (Å²) in [6.45, 7) is 10.3. The summed E-state index contributed by atoms with van der Waals surface area (Å²) in [4.78, 5) is 11.6. The van der Waals surface area contributed by atoms with Gasteiger partial charge in [0.25, 0.3) is 0 Å². The van der Waals surface area contributed by atoms with Crippen molar-refractivity contribution in [3.63, 3.8) is 0 Å². The Morgan fingerprint density at radius 2 is 2.07 bits per heavy atom. The van der Waals surface area contributed by atoms with E-state index in [9.17, 15) is 4.79 Å². The summed E-state index contributed by atoms with van der Waals surface area (Å²) < 4.78 is 5.69. The first-order valence-electron chi connectivity index (χ1n) is 5.59. The van der Waals surface area contributed by atoms with Gasteiger partial charge in [-0.3, -0.25) is 4.79 Å². The molecule has 1 aliphatic rings. The summed E-state index contributed by atoms with van der Waals surface area (Å²) in [5.41, 5.74) is -0.158. The number of nitrogens with one attached hydrogen (secondary N) is 2. The van der Waals surface area contributed by atoms with Gasteiger partial charge in [0.1, 0.15) is 6.10 Å². The fourth-order valence-electron chi connectivity index (χ4n) is 1.49. The minimum absolute atomic E-state index is 0.0168. The second-order valence-electron chi connectivity index (χ2n) is 4.95. The zero-order valence-electron chi connectivity index (χ0n) is 10.1. The van der Waals surface area contributed by atoms with Gasteiger partial charge in [-0.2, -0.15) is 0 Å². The van der Waals surface area contributed by atoms with Crippen LogP contribution in [-0.4, -0.2) is 37.2 Å². The molecule has 2 N–H and O–H groups in total. The van der Waals surface area contributed by atoms with Gasteiger partial charge in [0.15, 0.2) is 0 Å². The van der Waals surface area contributed by atoms with Crippen molar-refractivity contribution in [2.24, 2.45) is 5.92 Å². The molecule has 0 aliphatic carbocycles. The lowest BCUT2D eigenvalue weighted by atomic mass is 10.00. The second kappa shape index (κ2) is 4.94. The van der Waals surface area contributed by atoms with E-state index in [2.05, 4.69) is 24.5 Å². The Labute approximate surface area is 91.8 Å². The van der Waals surface area contributed by atoms with Crippen molar-refractivity contribution in [3.8, 4) is 0 Å². The fourth-order valence-corrected chi connectivity index (χ4v) is 1.49. The number of amides is 1. The lowest BCUT2D eigenvalue weighted by molar-refractivity contribution is -0.149. The minimum Gasteiger partial charge on any atom is -0.360 e. The normalized spacial score (nSPS) is 20.9. The van der Waals surface area contributed by atoms with Gasteiger partial charge in [-0.15, -0.1) is 0 Å². The van der Waals surface area contributed by atoms with Crippen LogP contribution in [0.2, 0.25) is 0 Å².